The quantitative estimate of drug-likeness (QED) is 0.504. The van der Waals surface area contributed by atoms with Crippen LogP contribution < -0.4 is 16.0 Å². The normalized spacial score (nSPS) is 23.1. The number of β-amino-alcohol motifs (C(OH)–C–C–N with tert-alkyl or cyclic N) is 1. The van der Waals surface area contributed by atoms with Gasteiger partial charge in [0, 0.05) is 13.1 Å². The van der Waals surface area contributed by atoms with Crippen LogP contribution in [-0.4, -0.2) is 42.9 Å². The first-order chi connectivity index (χ1) is 9.24. The van der Waals surface area contributed by atoms with Gasteiger partial charge in [0.1, 0.15) is 0 Å². The zero-order valence-corrected chi connectivity index (χ0v) is 12.1. The third-order valence-corrected chi connectivity index (χ3v) is 3.58. The van der Waals surface area contributed by atoms with E-state index in [1.807, 2.05) is 0 Å². The highest BCUT2D eigenvalue weighted by atomic mass is 16.3. The van der Waals surface area contributed by atoms with Crippen molar-refractivity contribution in [3.05, 3.63) is 0 Å². The van der Waals surface area contributed by atoms with Crippen molar-refractivity contribution >= 4 is 6.03 Å². The second kappa shape index (κ2) is 10.0. The first-order valence-electron chi connectivity index (χ1n) is 7.67. The standard InChI is InChI=1S/C14H29N3O2/c1-2-3-4-5-6-7-9-16-14(19)17-12-8-10-15-11-13(12)18/h12-13,15,18H,2-11H2,1H3,(H2,16,17,19)/t12-,13-/m1/s1. The van der Waals surface area contributed by atoms with Crippen LogP contribution in [0.2, 0.25) is 0 Å². The van der Waals surface area contributed by atoms with Crippen LogP contribution in [-0.2, 0) is 0 Å². The molecule has 1 aliphatic heterocycles. The lowest BCUT2D eigenvalue weighted by Gasteiger charge is -2.29. The molecule has 1 aliphatic rings. The van der Waals surface area contributed by atoms with Crippen molar-refractivity contribution in [1.29, 1.82) is 0 Å². The first kappa shape index (κ1) is 16.2. The molecule has 112 valence electrons. The summed E-state index contributed by atoms with van der Waals surface area (Å²) in [5.41, 5.74) is 0. The van der Waals surface area contributed by atoms with Crippen molar-refractivity contribution in [1.82, 2.24) is 16.0 Å². The molecule has 4 N–H and O–H groups in total. The van der Waals surface area contributed by atoms with E-state index in [2.05, 4.69) is 22.9 Å². The second-order valence-corrected chi connectivity index (χ2v) is 5.33. The number of nitrogens with one attached hydrogen (secondary N) is 3. The number of carbonyl (C=O) groups is 1. The van der Waals surface area contributed by atoms with Gasteiger partial charge in [-0.2, -0.15) is 0 Å². The molecule has 5 heteroatoms. The van der Waals surface area contributed by atoms with Crippen molar-refractivity contribution in [2.75, 3.05) is 19.6 Å². The highest BCUT2D eigenvalue weighted by Crippen LogP contribution is 2.05. The zero-order chi connectivity index (χ0) is 13.9. The van der Waals surface area contributed by atoms with Gasteiger partial charge in [-0.1, -0.05) is 39.0 Å². The van der Waals surface area contributed by atoms with Gasteiger partial charge in [0.25, 0.3) is 0 Å². The van der Waals surface area contributed by atoms with E-state index in [1.54, 1.807) is 0 Å². The molecule has 0 aliphatic carbocycles. The van der Waals surface area contributed by atoms with E-state index < -0.39 is 6.10 Å². The molecule has 2 amide bonds. The summed E-state index contributed by atoms with van der Waals surface area (Å²) >= 11 is 0. The zero-order valence-electron chi connectivity index (χ0n) is 12.1. The summed E-state index contributed by atoms with van der Waals surface area (Å²) in [5.74, 6) is 0. The molecule has 0 bridgehead atoms. The fraction of sp³-hybridized carbons (Fsp3) is 0.929. The largest absolute Gasteiger partial charge is 0.390 e. The average molecular weight is 271 g/mol. The molecule has 0 radical (unpaired) electrons. The number of urea groups is 1. The van der Waals surface area contributed by atoms with Crippen molar-refractivity contribution < 1.29 is 9.90 Å². The van der Waals surface area contributed by atoms with Crippen LogP contribution in [0.3, 0.4) is 0 Å². The summed E-state index contributed by atoms with van der Waals surface area (Å²) in [7, 11) is 0. The Kier molecular flexibility index (Phi) is 8.58. The summed E-state index contributed by atoms with van der Waals surface area (Å²) in [6, 6.07) is -0.273. The monoisotopic (exact) mass is 271 g/mol. The molecule has 0 aromatic heterocycles. The van der Waals surface area contributed by atoms with Gasteiger partial charge in [-0.05, 0) is 19.4 Å². The van der Waals surface area contributed by atoms with E-state index in [9.17, 15) is 9.90 Å². The van der Waals surface area contributed by atoms with Crippen LogP contribution in [0.15, 0.2) is 0 Å². The Morgan fingerprint density at radius 2 is 2.00 bits per heavy atom. The van der Waals surface area contributed by atoms with E-state index in [0.717, 1.165) is 25.9 Å². The van der Waals surface area contributed by atoms with E-state index in [0.29, 0.717) is 6.54 Å². The predicted octanol–water partition coefficient (Wildman–Crippen LogP) is 1.37. The number of amides is 2. The molecule has 0 spiro atoms. The third kappa shape index (κ3) is 7.38. The van der Waals surface area contributed by atoms with Crippen LogP contribution in [0.4, 0.5) is 4.79 Å². The molecule has 5 nitrogen and oxygen atoms in total. The Balaban J connectivity index is 1.98. The number of piperidine rings is 1. The highest BCUT2D eigenvalue weighted by Gasteiger charge is 2.23. The fourth-order valence-corrected chi connectivity index (χ4v) is 2.34. The molecule has 2 atom stereocenters. The number of rotatable bonds is 8. The number of carbonyl (C=O) groups excluding carboxylic acids is 1. The third-order valence-electron chi connectivity index (χ3n) is 3.58. The van der Waals surface area contributed by atoms with Gasteiger partial charge in [0.2, 0.25) is 0 Å². The van der Waals surface area contributed by atoms with Gasteiger partial charge in [-0.25, -0.2) is 4.79 Å². The van der Waals surface area contributed by atoms with Crippen LogP contribution in [0.25, 0.3) is 0 Å². The molecule has 0 saturated carbocycles. The summed E-state index contributed by atoms with van der Waals surface area (Å²) in [6.07, 6.45) is 7.64. The van der Waals surface area contributed by atoms with Gasteiger partial charge in [-0.3, -0.25) is 0 Å². The van der Waals surface area contributed by atoms with Crippen molar-refractivity contribution in [2.45, 2.75) is 64.0 Å². The Morgan fingerprint density at radius 1 is 1.26 bits per heavy atom. The van der Waals surface area contributed by atoms with Gasteiger partial charge < -0.3 is 21.1 Å². The topological polar surface area (TPSA) is 73.4 Å². The van der Waals surface area contributed by atoms with Gasteiger partial charge >= 0.3 is 6.03 Å². The first-order valence-corrected chi connectivity index (χ1v) is 7.67. The van der Waals surface area contributed by atoms with Gasteiger partial charge in [-0.15, -0.1) is 0 Å². The maximum atomic E-state index is 11.6. The van der Waals surface area contributed by atoms with Crippen LogP contribution >= 0.6 is 0 Å². The SMILES string of the molecule is CCCCCCCCNC(=O)N[C@@H]1CCNC[C@H]1O. The minimum absolute atomic E-state index is 0.120. The molecule has 0 unspecified atom stereocenters. The summed E-state index contributed by atoms with van der Waals surface area (Å²) < 4.78 is 0. The van der Waals surface area contributed by atoms with Crippen molar-refractivity contribution in [2.24, 2.45) is 0 Å². The fourth-order valence-electron chi connectivity index (χ4n) is 2.34. The summed E-state index contributed by atoms with van der Waals surface area (Å²) in [4.78, 5) is 11.6. The Hall–Kier alpha value is -0.810. The van der Waals surface area contributed by atoms with E-state index in [1.165, 1.54) is 32.1 Å². The molecule has 0 aromatic carbocycles. The Bertz CT molecular complexity index is 249. The van der Waals surface area contributed by atoms with E-state index in [4.69, 9.17) is 0 Å². The number of hydrogen-bond donors (Lipinski definition) is 4. The molecule has 1 fully saturated rings. The van der Waals surface area contributed by atoms with Crippen LogP contribution in [0.1, 0.15) is 51.9 Å². The Morgan fingerprint density at radius 3 is 2.74 bits per heavy atom. The maximum Gasteiger partial charge on any atom is 0.315 e. The molecule has 1 saturated heterocycles. The minimum atomic E-state index is -0.478. The molecule has 19 heavy (non-hydrogen) atoms. The lowest BCUT2D eigenvalue weighted by atomic mass is 10.0. The molecule has 0 aromatic rings. The highest BCUT2D eigenvalue weighted by molar-refractivity contribution is 5.74. The molecular formula is C14H29N3O2. The molecular weight excluding hydrogens is 242 g/mol. The van der Waals surface area contributed by atoms with Crippen LogP contribution in [0, 0.1) is 0 Å². The molecule has 1 heterocycles. The number of aliphatic hydroxyl groups is 1. The van der Waals surface area contributed by atoms with Gasteiger partial charge in [0.05, 0.1) is 12.1 Å². The minimum Gasteiger partial charge on any atom is -0.390 e. The lowest BCUT2D eigenvalue weighted by Crippen LogP contribution is -2.54. The average Bonchev–Trinajstić information content (AvgIpc) is 2.40. The number of aliphatic hydroxyl groups excluding tert-OH is 1. The second-order valence-electron chi connectivity index (χ2n) is 5.33. The summed E-state index contributed by atoms with van der Waals surface area (Å²) in [6.45, 7) is 4.34. The Labute approximate surface area is 116 Å². The van der Waals surface area contributed by atoms with Gasteiger partial charge in [0.15, 0.2) is 0 Å². The van der Waals surface area contributed by atoms with E-state index in [-0.39, 0.29) is 12.1 Å². The van der Waals surface area contributed by atoms with Crippen LogP contribution in [0.5, 0.6) is 0 Å². The van der Waals surface area contributed by atoms with Crippen molar-refractivity contribution in [3.8, 4) is 0 Å². The van der Waals surface area contributed by atoms with Crippen molar-refractivity contribution in [3.63, 3.8) is 0 Å². The smallest absolute Gasteiger partial charge is 0.315 e. The molecule has 1 rings (SSSR count). The predicted molar refractivity (Wildman–Crippen MR) is 77.2 cm³/mol. The summed E-state index contributed by atoms with van der Waals surface area (Å²) in [5, 5.41) is 18.5. The number of unbranched alkanes of at least 4 members (excludes halogenated alkanes) is 5. The lowest BCUT2D eigenvalue weighted by molar-refractivity contribution is 0.106. The number of hydrogen-bond acceptors (Lipinski definition) is 3. The van der Waals surface area contributed by atoms with E-state index >= 15 is 0 Å². The maximum absolute atomic E-state index is 11.6.